The Kier molecular flexibility index (Phi) is 5.63. The van der Waals surface area contributed by atoms with Gasteiger partial charge in [-0.1, -0.05) is 57.2 Å². The van der Waals surface area contributed by atoms with Gasteiger partial charge in [0.2, 0.25) is 0 Å². The Balaban J connectivity index is 1.79. The van der Waals surface area contributed by atoms with E-state index in [0.717, 1.165) is 39.9 Å². The molecule has 2 amide bonds. The molecule has 3 rings (SSSR count). The van der Waals surface area contributed by atoms with Crippen molar-refractivity contribution < 1.29 is 22.8 Å². The summed E-state index contributed by atoms with van der Waals surface area (Å²) < 4.78 is 38.6. The molecule has 0 N–H and O–H groups in total. The first-order valence-corrected chi connectivity index (χ1v) is 9.79. The first kappa shape index (κ1) is 21.2. The van der Waals surface area contributed by atoms with Crippen molar-refractivity contribution in [1.82, 2.24) is 4.90 Å². The van der Waals surface area contributed by atoms with E-state index in [-0.39, 0.29) is 22.4 Å². The number of carbonyl (C=O) groups excluding carboxylic acids is 2. The van der Waals surface area contributed by atoms with E-state index < -0.39 is 22.9 Å². The van der Waals surface area contributed by atoms with Crippen molar-refractivity contribution in [2.45, 2.75) is 38.9 Å². The van der Waals surface area contributed by atoms with Gasteiger partial charge in [-0.3, -0.25) is 14.5 Å². The van der Waals surface area contributed by atoms with Gasteiger partial charge < -0.3 is 0 Å². The molecule has 0 atom stereocenters. The van der Waals surface area contributed by atoms with Crippen LogP contribution in [-0.4, -0.2) is 16.0 Å². The highest BCUT2D eigenvalue weighted by Gasteiger charge is 2.35. The lowest BCUT2D eigenvalue weighted by Gasteiger charge is -2.20. The molecule has 29 heavy (non-hydrogen) atoms. The zero-order valence-electron chi connectivity index (χ0n) is 16.2. The summed E-state index contributed by atoms with van der Waals surface area (Å²) in [7, 11) is 0. The van der Waals surface area contributed by atoms with Crippen LogP contribution in [0.2, 0.25) is 0 Å². The summed E-state index contributed by atoms with van der Waals surface area (Å²) in [6, 6.07) is 12.3. The summed E-state index contributed by atoms with van der Waals surface area (Å²) in [5.41, 5.74) is 1.36. The third-order valence-corrected chi connectivity index (χ3v) is 5.45. The molecule has 0 bridgehead atoms. The number of thioether (sulfide) groups is 1. The number of imide groups is 1. The minimum Gasteiger partial charge on any atom is -0.268 e. The standard InChI is InChI=1S/C22H20F3NO2S/c1-21(2,3)16-9-7-14(8-10-16)13-26-19(27)18(29-20(26)28)12-15-5-4-6-17(11-15)22(23,24)25/h4-12H,13H2,1-3H3/b18-12+. The first-order chi connectivity index (χ1) is 13.4. The van der Waals surface area contributed by atoms with E-state index in [0.29, 0.717) is 0 Å². The Morgan fingerprint density at radius 3 is 2.21 bits per heavy atom. The van der Waals surface area contributed by atoms with Crippen LogP contribution in [0.5, 0.6) is 0 Å². The van der Waals surface area contributed by atoms with Gasteiger partial charge in [-0.2, -0.15) is 13.2 Å². The largest absolute Gasteiger partial charge is 0.416 e. The SMILES string of the molecule is CC(C)(C)c1ccc(CN2C(=O)S/C(=C/c3cccc(C(F)(F)F)c3)C2=O)cc1. The lowest BCUT2D eigenvalue weighted by molar-refractivity contribution is -0.137. The van der Waals surface area contributed by atoms with Crippen LogP contribution in [0, 0.1) is 0 Å². The molecule has 7 heteroatoms. The van der Waals surface area contributed by atoms with Crippen LogP contribution < -0.4 is 0 Å². The van der Waals surface area contributed by atoms with Gasteiger partial charge in [0.1, 0.15) is 0 Å². The Hall–Kier alpha value is -2.54. The van der Waals surface area contributed by atoms with Crippen LogP contribution in [0.1, 0.15) is 43.0 Å². The summed E-state index contributed by atoms with van der Waals surface area (Å²) in [6.45, 7) is 6.40. The minimum absolute atomic E-state index is 0.00543. The molecule has 0 aliphatic carbocycles. The summed E-state index contributed by atoms with van der Waals surface area (Å²) >= 11 is 0.734. The molecule has 0 aromatic heterocycles. The Morgan fingerprint density at radius 2 is 1.62 bits per heavy atom. The molecule has 0 radical (unpaired) electrons. The van der Waals surface area contributed by atoms with Gasteiger partial charge in [-0.15, -0.1) is 0 Å². The number of hydrogen-bond donors (Lipinski definition) is 0. The molecule has 2 aromatic carbocycles. The first-order valence-electron chi connectivity index (χ1n) is 8.97. The lowest BCUT2D eigenvalue weighted by atomic mass is 9.87. The van der Waals surface area contributed by atoms with E-state index in [2.05, 4.69) is 20.8 Å². The van der Waals surface area contributed by atoms with Gasteiger partial charge in [0.05, 0.1) is 17.0 Å². The van der Waals surface area contributed by atoms with Gasteiger partial charge in [-0.05, 0) is 52.1 Å². The monoisotopic (exact) mass is 419 g/mol. The van der Waals surface area contributed by atoms with Crippen LogP contribution in [0.4, 0.5) is 18.0 Å². The zero-order valence-corrected chi connectivity index (χ0v) is 17.0. The molecule has 1 aliphatic rings. The van der Waals surface area contributed by atoms with Crippen LogP contribution in [-0.2, 0) is 22.9 Å². The molecule has 1 fully saturated rings. The number of nitrogens with zero attached hydrogens (tertiary/aromatic N) is 1. The van der Waals surface area contributed by atoms with E-state index in [1.54, 1.807) is 0 Å². The van der Waals surface area contributed by atoms with E-state index in [4.69, 9.17) is 0 Å². The van der Waals surface area contributed by atoms with E-state index in [1.165, 1.54) is 18.2 Å². The number of rotatable bonds is 3. The fourth-order valence-electron chi connectivity index (χ4n) is 2.89. The number of amides is 2. The molecule has 0 saturated carbocycles. The van der Waals surface area contributed by atoms with E-state index >= 15 is 0 Å². The molecule has 1 aliphatic heterocycles. The highest BCUT2D eigenvalue weighted by atomic mass is 32.2. The topological polar surface area (TPSA) is 37.4 Å². The highest BCUT2D eigenvalue weighted by molar-refractivity contribution is 8.18. The fourth-order valence-corrected chi connectivity index (χ4v) is 3.72. The maximum atomic E-state index is 12.9. The van der Waals surface area contributed by atoms with Crippen LogP contribution in [0.25, 0.3) is 6.08 Å². The second-order valence-electron chi connectivity index (χ2n) is 7.84. The van der Waals surface area contributed by atoms with Gasteiger partial charge in [0.15, 0.2) is 0 Å². The Bertz CT molecular complexity index is 973. The maximum absolute atomic E-state index is 12.9. The maximum Gasteiger partial charge on any atom is 0.416 e. The van der Waals surface area contributed by atoms with Gasteiger partial charge >= 0.3 is 6.18 Å². The van der Waals surface area contributed by atoms with Crippen molar-refractivity contribution in [2.24, 2.45) is 0 Å². The normalized spacial score (nSPS) is 16.8. The molecule has 3 nitrogen and oxygen atoms in total. The number of halogens is 3. The van der Waals surface area contributed by atoms with Gasteiger partial charge in [0.25, 0.3) is 11.1 Å². The average molecular weight is 419 g/mol. The number of carbonyl (C=O) groups is 2. The van der Waals surface area contributed by atoms with Crippen LogP contribution >= 0.6 is 11.8 Å². The minimum atomic E-state index is -4.47. The Morgan fingerprint density at radius 1 is 0.966 bits per heavy atom. The second-order valence-corrected chi connectivity index (χ2v) is 8.83. The number of hydrogen-bond acceptors (Lipinski definition) is 3. The molecule has 1 heterocycles. The molecule has 2 aromatic rings. The van der Waals surface area contributed by atoms with Crippen molar-refractivity contribution in [3.63, 3.8) is 0 Å². The molecular formula is C22H20F3NO2S. The molecule has 152 valence electrons. The van der Waals surface area contributed by atoms with Crippen LogP contribution in [0.15, 0.2) is 53.4 Å². The van der Waals surface area contributed by atoms with Gasteiger partial charge in [-0.25, -0.2) is 0 Å². The van der Waals surface area contributed by atoms with E-state index in [9.17, 15) is 22.8 Å². The lowest BCUT2D eigenvalue weighted by Crippen LogP contribution is -2.27. The second kappa shape index (κ2) is 7.71. The smallest absolute Gasteiger partial charge is 0.268 e. The van der Waals surface area contributed by atoms with Crippen molar-refractivity contribution >= 4 is 29.0 Å². The summed E-state index contributed by atoms with van der Waals surface area (Å²) in [4.78, 5) is 26.1. The quantitative estimate of drug-likeness (QED) is 0.553. The number of benzene rings is 2. The van der Waals surface area contributed by atoms with Crippen molar-refractivity contribution in [3.8, 4) is 0 Å². The Labute approximate surface area is 171 Å². The van der Waals surface area contributed by atoms with Crippen LogP contribution in [0.3, 0.4) is 0 Å². The third-order valence-electron chi connectivity index (χ3n) is 4.55. The average Bonchev–Trinajstić information content (AvgIpc) is 2.88. The molecule has 0 unspecified atom stereocenters. The summed E-state index contributed by atoms with van der Waals surface area (Å²) in [6.07, 6.45) is -3.15. The van der Waals surface area contributed by atoms with Crippen molar-refractivity contribution in [1.29, 1.82) is 0 Å². The summed E-state index contributed by atoms with van der Waals surface area (Å²) in [5, 5.41) is -0.437. The predicted molar refractivity (Wildman–Crippen MR) is 108 cm³/mol. The fraction of sp³-hybridized carbons (Fsp3) is 0.273. The zero-order chi connectivity index (χ0) is 21.4. The summed E-state index contributed by atoms with van der Waals surface area (Å²) in [5.74, 6) is -0.502. The van der Waals surface area contributed by atoms with E-state index in [1.807, 2.05) is 24.3 Å². The highest BCUT2D eigenvalue weighted by Crippen LogP contribution is 2.35. The molecule has 1 saturated heterocycles. The number of alkyl halides is 3. The van der Waals surface area contributed by atoms with Gasteiger partial charge in [0, 0.05) is 0 Å². The molecule has 0 spiro atoms. The van der Waals surface area contributed by atoms with Crippen molar-refractivity contribution in [3.05, 3.63) is 75.7 Å². The van der Waals surface area contributed by atoms with Crippen molar-refractivity contribution in [2.75, 3.05) is 0 Å². The predicted octanol–water partition coefficient (Wildman–Crippen LogP) is 6.24. The molecular weight excluding hydrogens is 399 g/mol. The third kappa shape index (κ3) is 4.90.